The summed E-state index contributed by atoms with van der Waals surface area (Å²) >= 11 is 1.33. The van der Waals surface area contributed by atoms with Crippen LogP contribution in [0.25, 0.3) is 0 Å². The third-order valence-electron chi connectivity index (χ3n) is 0.377. The second-order valence-corrected chi connectivity index (χ2v) is 2.16. The lowest BCUT2D eigenvalue weighted by molar-refractivity contribution is -0.134. The van der Waals surface area contributed by atoms with E-state index in [4.69, 9.17) is 15.6 Å². The standard InChI is InChI=1S/C2H3N3S.C2H4O2/c3-2-5-4-1-6-2;1-2(3)4/h1H,(H2,3,5);1H3,(H,3,4). The first-order valence-electron chi connectivity index (χ1n) is 2.34. The minimum Gasteiger partial charge on any atom is -0.481 e. The monoisotopic (exact) mass is 161 g/mol. The molecule has 5 nitrogen and oxygen atoms in total. The summed E-state index contributed by atoms with van der Waals surface area (Å²) in [6.45, 7) is 1.08. The van der Waals surface area contributed by atoms with Crippen molar-refractivity contribution in [3.63, 3.8) is 0 Å². The number of hydrogen-bond acceptors (Lipinski definition) is 5. The van der Waals surface area contributed by atoms with Crippen LogP contribution in [0.5, 0.6) is 0 Å². The van der Waals surface area contributed by atoms with Gasteiger partial charge in [-0.3, -0.25) is 4.79 Å². The van der Waals surface area contributed by atoms with Crippen LogP contribution in [0.1, 0.15) is 6.92 Å². The fraction of sp³-hybridized carbons (Fsp3) is 0.250. The molecule has 1 aromatic rings. The van der Waals surface area contributed by atoms with E-state index in [-0.39, 0.29) is 0 Å². The van der Waals surface area contributed by atoms with Crippen molar-refractivity contribution in [3.8, 4) is 0 Å². The summed E-state index contributed by atoms with van der Waals surface area (Å²) in [4.78, 5) is 9.00. The minimum absolute atomic E-state index is 0.523. The average molecular weight is 161 g/mol. The summed E-state index contributed by atoms with van der Waals surface area (Å²) in [5, 5.41) is 14.9. The van der Waals surface area contributed by atoms with Gasteiger partial charge in [0, 0.05) is 6.92 Å². The summed E-state index contributed by atoms with van der Waals surface area (Å²) < 4.78 is 0. The minimum atomic E-state index is -0.833. The second kappa shape index (κ2) is 4.68. The van der Waals surface area contributed by atoms with E-state index in [1.54, 1.807) is 5.51 Å². The van der Waals surface area contributed by atoms with Gasteiger partial charge < -0.3 is 10.8 Å². The molecule has 56 valence electrons. The van der Waals surface area contributed by atoms with Crippen molar-refractivity contribution in [3.05, 3.63) is 5.51 Å². The first-order valence-corrected chi connectivity index (χ1v) is 3.22. The fourth-order valence-corrected chi connectivity index (χ4v) is 0.478. The van der Waals surface area contributed by atoms with Crippen LogP contribution in [-0.2, 0) is 4.79 Å². The first kappa shape index (κ1) is 8.83. The van der Waals surface area contributed by atoms with Crippen LogP contribution in [0, 0.1) is 0 Å². The van der Waals surface area contributed by atoms with Gasteiger partial charge >= 0.3 is 0 Å². The largest absolute Gasteiger partial charge is 0.481 e. The Labute approximate surface area is 61.5 Å². The summed E-state index contributed by atoms with van der Waals surface area (Å²) in [7, 11) is 0. The Kier molecular flexibility index (Phi) is 4.14. The van der Waals surface area contributed by atoms with Crippen LogP contribution >= 0.6 is 11.3 Å². The third kappa shape index (κ3) is 6.83. The normalized spacial score (nSPS) is 7.70. The van der Waals surface area contributed by atoms with E-state index in [1.165, 1.54) is 11.3 Å². The maximum atomic E-state index is 9.00. The van der Waals surface area contributed by atoms with E-state index in [2.05, 4.69) is 10.2 Å². The average Bonchev–Trinajstić information content (AvgIpc) is 2.15. The second-order valence-electron chi connectivity index (χ2n) is 1.30. The zero-order valence-electron chi connectivity index (χ0n) is 5.31. The number of carboxylic acid groups (broad SMARTS) is 1. The lowest BCUT2D eigenvalue weighted by Crippen LogP contribution is -1.79. The molecule has 6 heteroatoms. The molecule has 0 saturated heterocycles. The molecule has 0 unspecified atom stereocenters. The van der Waals surface area contributed by atoms with Gasteiger partial charge in [-0.2, -0.15) is 0 Å². The topological polar surface area (TPSA) is 89.1 Å². The number of anilines is 1. The maximum Gasteiger partial charge on any atom is 0.300 e. The molecule has 0 aliphatic rings. The van der Waals surface area contributed by atoms with E-state index in [9.17, 15) is 0 Å². The quantitative estimate of drug-likeness (QED) is 0.567. The fourth-order valence-electron chi connectivity index (χ4n) is 0.182. The predicted molar refractivity (Wildman–Crippen MR) is 37.6 cm³/mol. The molecule has 0 spiro atoms. The van der Waals surface area contributed by atoms with Crippen LogP contribution < -0.4 is 5.73 Å². The predicted octanol–water partition coefficient (Wildman–Crippen LogP) is 0.211. The van der Waals surface area contributed by atoms with Crippen LogP contribution in [0.4, 0.5) is 5.13 Å². The lowest BCUT2D eigenvalue weighted by atomic mass is 10.9. The molecule has 0 saturated carbocycles. The Bertz CT molecular complexity index is 182. The summed E-state index contributed by atoms with van der Waals surface area (Å²) in [5.74, 6) is -0.833. The Morgan fingerprint density at radius 1 is 1.90 bits per heavy atom. The number of hydrogen-bond donors (Lipinski definition) is 2. The Hall–Kier alpha value is -1.17. The molecule has 0 atom stereocenters. The van der Waals surface area contributed by atoms with Crippen LogP contribution in [0.15, 0.2) is 5.51 Å². The van der Waals surface area contributed by atoms with E-state index in [0.717, 1.165) is 6.92 Å². The summed E-state index contributed by atoms with van der Waals surface area (Å²) in [6.07, 6.45) is 0. The van der Waals surface area contributed by atoms with Crippen molar-refractivity contribution < 1.29 is 9.90 Å². The number of nitrogen functional groups attached to an aromatic ring is 1. The molecule has 0 aliphatic carbocycles. The SMILES string of the molecule is CC(=O)O.Nc1nncs1. The number of aliphatic carboxylic acids is 1. The number of carboxylic acids is 1. The summed E-state index contributed by atoms with van der Waals surface area (Å²) in [6, 6.07) is 0. The molecule has 10 heavy (non-hydrogen) atoms. The molecule has 0 radical (unpaired) electrons. The number of aromatic nitrogens is 2. The number of carbonyl (C=O) groups is 1. The van der Waals surface area contributed by atoms with E-state index >= 15 is 0 Å². The van der Waals surface area contributed by atoms with Crippen molar-refractivity contribution in [2.24, 2.45) is 0 Å². The molecule has 1 aromatic heterocycles. The van der Waals surface area contributed by atoms with Crippen LogP contribution in [0.2, 0.25) is 0 Å². The van der Waals surface area contributed by atoms with E-state index in [1.807, 2.05) is 0 Å². The van der Waals surface area contributed by atoms with Gasteiger partial charge in [0.05, 0.1) is 0 Å². The maximum absolute atomic E-state index is 9.00. The molecule has 1 rings (SSSR count). The highest BCUT2D eigenvalue weighted by Gasteiger charge is 1.78. The zero-order valence-corrected chi connectivity index (χ0v) is 6.13. The van der Waals surface area contributed by atoms with Gasteiger partial charge in [0.25, 0.3) is 5.97 Å². The van der Waals surface area contributed by atoms with E-state index in [0.29, 0.717) is 5.13 Å². The van der Waals surface area contributed by atoms with Gasteiger partial charge in [-0.1, -0.05) is 11.3 Å². The van der Waals surface area contributed by atoms with Crippen molar-refractivity contribution in [2.45, 2.75) is 6.92 Å². The van der Waals surface area contributed by atoms with Crippen molar-refractivity contribution in [1.29, 1.82) is 0 Å². The molecule has 0 aliphatic heterocycles. The Balaban J connectivity index is 0.000000180. The van der Waals surface area contributed by atoms with Gasteiger partial charge in [0.1, 0.15) is 5.51 Å². The highest BCUT2D eigenvalue weighted by atomic mass is 32.1. The molecule has 0 aromatic carbocycles. The third-order valence-corrected chi connectivity index (χ3v) is 0.900. The van der Waals surface area contributed by atoms with Crippen molar-refractivity contribution in [1.82, 2.24) is 10.2 Å². The molecule has 0 amide bonds. The van der Waals surface area contributed by atoms with E-state index < -0.39 is 5.97 Å². The zero-order chi connectivity index (χ0) is 7.98. The number of nitrogens with zero attached hydrogens (tertiary/aromatic N) is 2. The summed E-state index contributed by atoms with van der Waals surface area (Å²) in [5.41, 5.74) is 6.72. The Morgan fingerprint density at radius 3 is 2.50 bits per heavy atom. The number of rotatable bonds is 0. The van der Waals surface area contributed by atoms with Gasteiger partial charge in [-0.15, -0.1) is 10.2 Å². The Morgan fingerprint density at radius 2 is 2.40 bits per heavy atom. The molecule has 0 fully saturated rings. The highest BCUT2D eigenvalue weighted by molar-refractivity contribution is 7.13. The van der Waals surface area contributed by atoms with Crippen LogP contribution in [-0.4, -0.2) is 21.3 Å². The van der Waals surface area contributed by atoms with Crippen LogP contribution in [0.3, 0.4) is 0 Å². The van der Waals surface area contributed by atoms with Crippen molar-refractivity contribution in [2.75, 3.05) is 5.73 Å². The number of nitrogens with two attached hydrogens (primary N) is 1. The van der Waals surface area contributed by atoms with Gasteiger partial charge in [-0.25, -0.2) is 0 Å². The molecule has 0 bridgehead atoms. The lowest BCUT2D eigenvalue weighted by Gasteiger charge is -1.64. The van der Waals surface area contributed by atoms with Gasteiger partial charge in [0.2, 0.25) is 5.13 Å². The van der Waals surface area contributed by atoms with Gasteiger partial charge in [0.15, 0.2) is 0 Å². The molecular formula is C4H7N3O2S. The highest BCUT2D eigenvalue weighted by Crippen LogP contribution is 1.98. The van der Waals surface area contributed by atoms with Gasteiger partial charge in [-0.05, 0) is 0 Å². The molecular weight excluding hydrogens is 154 g/mol. The van der Waals surface area contributed by atoms with Crippen molar-refractivity contribution >= 4 is 22.4 Å². The molecule has 1 heterocycles. The first-order chi connectivity index (χ1) is 4.63. The smallest absolute Gasteiger partial charge is 0.300 e. The molecule has 3 N–H and O–H groups in total.